The zero-order valence-electron chi connectivity index (χ0n) is 33.4. The SMILES string of the molecule is CCCCCCCCCCCCN(C)c1ccc(C2=C(O)/C(=C/C3=C(O)C(c4ccc(N(C)CCCCCCCCCCCC)cc4)C3=O)C2=O)cc1. The van der Waals surface area contributed by atoms with Crippen molar-refractivity contribution in [3.05, 3.63) is 88.4 Å². The summed E-state index contributed by atoms with van der Waals surface area (Å²) < 4.78 is 0. The highest BCUT2D eigenvalue weighted by molar-refractivity contribution is 6.39. The van der Waals surface area contributed by atoms with E-state index in [4.69, 9.17) is 0 Å². The summed E-state index contributed by atoms with van der Waals surface area (Å²) >= 11 is 0. The van der Waals surface area contributed by atoms with Gasteiger partial charge in [0, 0.05) is 38.6 Å². The first-order valence-electron chi connectivity index (χ1n) is 21.1. The second-order valence-electron chi connectivity index (χ2n) is 15.6. The predicted octanol–water partition coefficient (Wildman–Crippen LogP) is 12.4. The number of benzene rings is 2. The van der Waals surface area contributed by atoms with E-state index in [1.54, 1.807) is 0 Å². The average molecular weight is 725 g/mol. The van der Waals surface area contributed by atoms with Crippen LogP contribution in [0.1, 0.15) is 159 Å². The third-order valence-electron chi connectivity index (χ3n) is 11.3. The highest BCUT2D eigenvalue weighted by atomic mass is 16.3. The molecule has 4 rings (SSSR count). The fraction of sp³-hybridized carbons (Fsp3) is 0.574. The zero-order valence-corrected chi connectivity index (χ0v) is 33.4. The van der Waals surface area contributed by atoms with Crippen LogP contribution in [0.5, 0.6) is 0 Å². The van der Waals surface area contributed by atoms with Crippen molar-refractivity contribution in [3.63, 3.8) is 0 Å². The minimum Gasteiger partial charge on any atom is -0.510 e. The normalized spacial score (nSPS) is 16.4. The molecule has 0 amide bonds. The van der Waals surface area contributed by atoms with Crippen molar-refractivity contribution in [2.24, 2.45) is 0 Å². The first kappa shape index (κ1) is 41.9. The summed E-state index contributed by atoms with van der Waals surface area (Å²) in [4.78, 5) is 30.7. The molecule has 290 valence electrons. The fourth-order valence-electron chi connectivity index (χ4n) is 7.64. The van der Waals surface area contributed by atoms with Crippen LogP contribution in [0.2, 0.25) is 0 Å². The quantitative estimate of drug-likeness (QED) is 0.0705. The first-order valence-corrected chi connectivity index (χ1v) is 21.1. The van der Waals surface area contributed by atoms with Crippen LogP contribution in [0.3, 0.4) is 0 Å². The monoisotopic (exact) mass is 725 g/mol. The maximum atomic E-state index is 13.1. The van der Waals surface area contributed by atoms with Crippen molar-refractivity contribution in [1.29, 1.82) is 0 Å². The van der Waals surface area contributed by atoms with E-state index in [9.17, 15) is 19.8 Å². The van der Waals surface area contributed by atoms with Crippen molar-refractivity contribution in [3.8, 4) is 0 Å². The van der Waals surface area contributed by atoms with Gasteiger partial charge in [0.25, 0.3) is 0 Å². The molecule has 0 fully saturated rings. The Bertz CT molecular complexity index is 1540. The Balaban J connectivity index is 1.21. The molecule has 0 radical (unpaired) electrons. The Morgan fingerprint density at radius 1 is 0.566 bits per heavy atom. The molecule has 0 saturated carbocycles. The summed E-state index contributed by atoms with van der Waals surface area (Å²) in [6.07, 6.45) is 27.6. The molecule has 0 spiro atoms. The fourth-order valence-corrected chi connectivity index (χ4v) is 7.64. The lowest BCUT2D eigenvalue weighted by molar-refractivity contribution is -0.119. The second-order valence-corrected chi connectivity index (χ2v) is 15.6. The molecule has 2 aromatic rings. The van der Waals surface area contributed by atoms with Crippen molar-refractivity contribution in [2.75, 3.05) is 37.0 Å². The number of aliphatic hydroxyl groups excluding tert-OH is 2. The third-order valence-corrected chi connectivity index (χ3v) is 11.3. The van der Waals surface area contributed by atoms with Gasteiger partial charge in [-0.25, -0.2) is 0 Å². The Morgan fingerprint density at radius 3 is 1.36 bits per heavy atom. The van der Waals surface area contributed by atoms with Gasteiger partial charge in [-0.05, 0) is 54.3 Å². The van der Waals surface area contributed by atoms with Crippen LogP contribution < -0.4 is 9.80 Å². The number of anilines is 2. The van der Waals surface area contributed by atoms with E-state index in [1.807, 2.05) is 48.5 Å². The predicted molar refractivity (Wildman–Crippen MR) is 223 cm³/mol. The Kier molecular flexibility index (Phi) is 17.7. The number of nitrogens with zero attached hydrogens (tertiary/aromatic N) is 2. The van der Waals surface area contributed by atoms with Gasteiger partial charge in [-0.15, -0.1) is 0 Å². The number of Topliss-reactive ketones (excluding diaryl/α,β-unsaturated/α-hetero) is 2. The summed E-state index contributed by atoms with van der Waals surface area (Å²) in [7, 11) is 4.18. The van der Waals surface area contributed by atoms with Crippen LogP contribution in [0, 0.1) is 0 Å². The topological polar surface area (TPSA) is 81.1 Å². The number of hydrogen-bond donors (Lipinski definition) is 2. The highest BCUT2D eigenvalue weighted by Gasteiger charge is 2.42. The van der Waals surface area contributed by atoms with Gasteiger partial charge >= 0.3 is 0 Å². The minimum absolute atomic E-state index is 0.0576. The van der Waals surface area contributed by atoms with Gasteiger partial charge in [0.15, 0.2) is 5.78 Å². The molecule has 0 saturated heterocycles. The van der Waals surface area contributed by atoms with E-state index < -0.39 is 5.92 Å². The summed E-state index contributed by atoms with van der Waals surface area (Å²) in [6, 6.07) is 15.5. The van der Waals surface area contributed by atoms with Gasteiger partial charge in [0.1, 0.15) is 17.4 Å². The molecule has 2 aromatic carbocycles. The Hall–Kier alpha value is -3.80. The molecule has 0 aromatic heterocycles. The largest absolute Gasteiger partial charge is 0.510 e. The summed E-state index contributed by atoms with van der Waals surface area (Å²) in [5, 5.41) is 21.7. The van der Waals surface area contributed by atoms with E-state index in [2.05, 4.69) is 37.7 Å². The molecule has 2 N–H and O–H groups in total. The summed E-state index contributed by atoms with van der Waals surface area (Å²) in [5.74, 6) is -1.50. The molecule has 2 aliphatic rings. The number of allylic oxidation sites excluding steroid dienone is 5. The number of ketones is 2. The van der Waals surface area contributed by atoms with Crippen molar-refractivity contribution >= 4 is 28.5 Å². The van der Waals surface area contributed by atoms with E-state index in [0.29, 0.717) is 5.56 Å². The summed E-state index contributed by atoms with van der Waals surface area (Å²) in [5.41, 5.74) is 3.94. The Labute approximate surface area is 321 Å². The van der Waals surface area contributed by atoms with E-state index in [-0.39, 0.29) is 39.8 Å². The second kappa shape index (κ2) is 22.4. The molecule has 0 aliphatic heterocycles. The van der Waals surface area contributed by atoms with E-state index in [0.717, 1.165) is 42.9 Å². The maximum Gasteiger partial charge on any atom is 0.201 e. The molecule has 0 heterocycles. The number of rotatable bonds is 27. The maximum absolute atomic E-state index is 13.1. The molecule has 0 bridgehead atoms. The first-order chi connectivity index (χ1) is 25.8. The van der Waals surface area contributed by atoms with Crippen LogP contribution in [-0.4, -0.2) is 49.0 Å². The van der Waals surface area contributed by atoms with Gasteiger partial charge in [-0.3, -0.25) is 9.59 Å². The van der Waals surface area contributed by atoms with Gasteiger partial charge in [-0.2, -0.15) is 0 Å². The van der Waals surface area contributed by atoms with Crippen LogP contribution >= 0.6 is 0 Å². The van der Waals surface area contributed by atoms with Crippen molar-refractivity contribution in [1.82, 2.24) is 0 Å². The molecule has 6 nitrogen and oxygen atoms in total. The smallest absolute Gasteiger partial charge is 0.201 e. The third kappa shape index (κ3) is 12.1. The molecule has 1 atom stereocenters. The van der Waals surface area contributed by atoms with E-state index >= 15 is 0 Å². The molecular formula is C47H68N2O4. The van der Waals surface area contributed by atoms with Gasteiger partial charge in [-0.1, -0.05) is 154 Å². The van der Waals surface area contributed by atoms with Crippen molar-refractivity contribution in [2.45, 2.75) is 148 Å². The van der Waals surface area contributed by atoms with E-state index in [1.165, 1.54) is 122 Å². The lowest BCUT2D eigenvalue weighted by Gasteiger charge is -2.29. The van der Waals surface area contributed by atoms with Crippen LogP contribution in [-0.2, 0) is 9.59 Å². The molecule has 1 unspecified atom stereocenters. The molecule has 2 aliphatic carbocycles. The minimum atomic E-state index is -0.742. The molecule has 53 heavy (non-hydrogen) atoms. The standard InChI is InChI=1S/C47H68N2O4/c1-5-7-9-11-13-15-17-19-21-23-33-48(3)38-29-25-36(26-30-38)42-44(50)40(45(42)51)35-41-46(52)43(47(41)53)37-27-31-39(32-28-37)49(4)34-24-22-20-18-16-14-12-10-8-6-2/h25-32,35,42,50,52H,5-24,33-34H2,1-4H3/b41-35-. The van der Waals surface area contributed by atoms with Gasteiger partial charge < -0.3 is 20.0 Å². The lowest BCUT2D eigenvalue weighted by Crippen LogP contribution is -2.30. The number of hydrogen-bond acceptors (Lipinski definition) is 6. The highest BCUT2D eigenvalue weighted by Crippen LogP contribution is 2.43. The zero-order chi connectivity index (χ0) is 38.0. The van der Waals surface area contributed by atoms with Crippen LogP contribution in [0.15, 0.2) is 77.3 Å². The van der Waals surface area contributed by atoms with Crippen molar-refractivity contribution < 1.29 is 19.8 Å². The van der Waals surface area contributed by atoms with Gasteiger partial charge in [0.2, 0.25) is 5.78 Å². The number of carbonyl (C=O) groups excluding carboxylic acids is 2. The Morgan fingerprint density at radius 2 is 0.962 bits per heavy atom. The number of aliphatic hydroxyl groups is 2. The molecular weight excluding hydrogens is 657 g/mol. The van der Waals surface area contributed by atoms with Crippen LogP contribution in [0.4, 0.5) is 11.4 Å². The number of carbonyl (C=O) groups is 2. The van der Waals surface area contributed by atoms with Gasteiger partial charge in [0.05, 0.1) is 16.7 Å². The molecule has 6 heteroatoms. The lowest BCUT2D eigenvalue weighted by atomic mass is 9.74. The summed E-state index contributed by atoms with van der Waals surface area (Å²) in [6.45, 7) is 6.48. The number of unbranched alkanes of at least 4 members (excludes halogenated alkanes) is 18. The van der Waals surface area contributed by atoms with Crippen LogP contribution in [0.25, 0.3) is 5.57 Å². The average Bonchev–Trinajstić information content (AvgIpc) is 3.17.